The van der Waals surface area contributed by atoms with Crippen LogP contribution in [0.3, 0.4) is 0 Å². The van der Waals surface area contributed by atoms with Crippen molar-refractivity contribution in [1.82, 2.24) is 10.3 Å². The summed E-state index contributed by atoms with van der Waals surface area (Å²) < 4.78 is 12.2. The van der Waals surface area contributed by atoms with Gasteiger partial charge < -0.3 is 14.8 Å². The van der Waals surface area contributed by atoms with E-state index >= 15 is 0 Å². The Labute approximate surface area is 176 Å². The van der Waals surface area contributed by atoms with E-state index in [9.17, 15) is 4.79 Å². The maximum atomic E-state index is 12.8. The lowest BCUT2D eigenvalue weighted by molar-refractivity contribution is 0.0935. The highest BCUT2D eigenvalue weighted by Crippen LogP contribution is 2.29. The molecular weight excluding hydrogens is 440 g/mol. The molecule has 0 spiro atoms. The molecule has 3 rings (SSSR count). The molecule has 0 saturated heterocycles. The standard InChI is InChI=1S/C21H21BrN2O3S/c1-3-18(14-4-7-16(22)8-5-14)24-21(25)15-6-9-19(20(10-15)26-2)27-11-17-12-28-13-23-17/h4-10,12-13,18H,3,11H2,1-2H3,(H,24,25). The highest BCUT2D eigenvalue weighted by atomic mass is 79.9. The topological polar surface area (TPSA) is 60.5 Å². The van der Waals surface area contributed by atoms with Gasteiger partial charge in [-0.1, -0.05) is 35.0 Å². The first kappa shape index (κ1) is 20.4. The Bertz CT molecular complexity index is 914. The van der Waals surface area contributed by atoms with E-state index in [2.05, 4.69) is 26.2 Å². The lowest BCUT2D eigenvalue weighted by atomic mass is 10.0. The minimum atomic E-state index is -0.154. The number of methoxy groups -OCH3 is 1. The highest BCUT2D eigenvalue weighted by molar-refractivity contribution is 9.10. The number of benzene rings is 2. The van der Waals surface area contributed by atoms with Gasteiger partial charge >= 0.3 is 0 Å². The smallest absolute Gasteiger partial charge is 0.251 e. The van der Waals surface area contributed by atoms with Gasteiger partial charge in [0.25, 0.3) is 5.91 Å². The van der Waals surface area contributed by atoms with Crippen LogP contribution >= 0.6 is 27.3 Å². The lowest BCUT2D eigenvalue weighted by Crippen LogP contribution is -2.28. The van der Waals surface area contributed by atoms with E-state index in [1.54, 1.807) is 30.8 Å². The first-order chi connectivity index (χ1) is 13.6. The summed E-state index contributed by atoms with van der Waals surface area (Å²) in [6.45, 7) is 2.40. The Hall–Kier alpha value is -2.38. The Balaban J connectivity index is 1.71. The summed E-state index contributed by atoms with van der Waals surface area (Å²) in [5, 5.41) is 5.02. The number of thiazole rings is 1. The van der Waals surface area contributed by atoms with Crippen LogP contribution in [0, 0.1) is 0 Å². The summed E-state index contributed by atoms with van der Waals surface area (Å²) >= 11 is 4.96. The molecule has 0 bridgehead atoms. The molecule has 0 aliphatic heterocycles. The van der Waals surface area contributed by atoms with Crippen molar-refractivity contribution in [3.63, 3.8) is 0 Å². The summed E-state index contributed by atoms with van der Waals surface area (Å²) in [6, 6.07) is 13.1. The predicted octanol–water partition coefficient (Wildman–Crippen LogP) is 5.37. The van der Waals surface area contributed by atoms with Gasteiger partial charge in [-0.15, -0.1) is 11.3 Å². The number of hydrogen-bond acceptors (Lipinski definition) is 5. The molecule has 0 aliphatic carbocycles. The first-order valence-electron chi connectivity index (χ1n) is 8.85. The number of halogens is 1. The molecule has 7 heteroatoms. The lowest BCUT2D eigenvalue weighted by Gasteiger charge is -2.18. The van der Waals surface area contributed by atoms with E-state index in [1.165, 1.54) is 11.3 Å². The molecule has 0 fully saturated rings. The average molecular weight is 461 g/mol. The number of carbonyl (C=O) groups excluding carboxylic acids is 1. The summed E-state index contributed by atoms with van der Waals surface area (Å²) in [4.78, 5) is 16.9. The minimum absolute atomic E-state index is 0.0628. The molecule has 1 aromatic heterocycles. The monoisotopic (exact) mass is 460 g/mol. The van der Waals surface area contributed by atoms with Crippen LogP contribution in [0.25, 0.3) is 0 Å². The van der Waals surface area contributed by atoms with Gasteiger partial charge in [0.1, 0.15) is 6.61 Å². The summed E-state index contributed by atoms with van der Waals surface area (Å²) in [6.07, 6.45) is 0.791. The quantitative estimate of drug-likeness (QED) is 0.490. The Morgan fingerprint density at radius 3 is 2.64 bits per heavy atom. The van der Waals surface area contributed by atoms with E-state index in [0.29, 0.717) is 23.7 Å². The Morgan fingerprint density at radius 1 is 1.21 bits per heavy atom. The third-order valence-electron chi connectivity index (χ3n) is 4.27. The van der Waals surface area contributed by atoms with Crippen LogP contribution in [0.15, 0.2) is 57.8 Å². The molecule has 28 heavy (non-hydrogen) atoms. The molecule has 3 aromatic rings. The molecule has 0 aliphatic rings. The molecule has 2 aromatic carbocycles. The van der Waals surface area contributed by atoms with Crippen molar-refractivity contribution in [3.05, 3.63) is 74.6 Å². The van der Waals surface area contributed by atoms with E-state index < -0.39 is 0 Å². The van der Waals surface area contributed by atoms with Crippen molar-refractivity contribution >= 4 is 33.2 Å². The van der Waals surface area contributed by atoms with Crippen LogP contribution in [0.4, 0.5) is 0 Å². The van der Waals surface area contributed by atoms with Gasteiger partial charge in [-0.2, -0.15) is 0 Å². The van der Waals surface area contributed by atoms with Gasteiger partial charge in [0.2, 0.25) is 0 Å². The highest BCUT2D eigenvalue weighted by Gasteiger charge is 2.16. The molecule has 1 amide bonds. The fraction of sp³-hybridized carbons (Fsp3) is 0.238. The third-order valence-corrected chi connectivity index (χ3v) is 5.43. The maximum absolute atomic E-state index is 12.8. The Morgan fingerprint density at radius 2 is 2.00 bits per heavy atom. The molecule has 5 nitrogen and oxygen atoms in total. The second-order valence-electron chi connectivity index (χ2n) is 6.12. The van der Waals surface area contributed by atoms with E-state index in [0.717, 1.165) is 22.2 Å². The number of nitrogens with one attached hydrogen (secondary N) is 1. The van der Waals surface area contributed by atoms with Crippen LogP contribution in [0.5, 0.6) is 11.5 Å². The second kappa shape index (κ2) is 9.71. The minimum Gasteiger partial charge on any atom is -0.493 e. The number of nitrogens with zero attached hydrogens (tertiary/aromatic N) is 1. The van der Waals surface area contributed by atoms with Crippen molar-refractivity contribution < 1.29 is 14.3 Å². The number of hydrogen-bond donors (Lipinski definition) is 1. The van der Waals surface area contributed by atoms with Crippen molar-refractivity contribution in [2.24, 2.45) is 0 Å². The number of ether oxygens (including phenoxy) is 2. The molecule has 1 unspecified atom stereocenters. The van der Waals surface area contributed by atoms with Gasteiger partial charge in [-0.25, -0.2) is 4.98 Å². The molecule has 0 radical (unpaired) electrons. The van der Waals surface area contributed by atoms with Crippen molar-refractivity contribution in [2.45, 2.75) is 26.0 Å². The second-order valence-corrected chi connectivity index (χ2v) is 7.75. The van der Waals surface area contributed by atoms with Gasteiger partial charge in [0, 0.05) is 15.4 Å². The zero-order chi connectivity index (χ0) is 19.9. The molecule has 146 valence electrons. The van der Waals surface area contributed by atoms with E-state index in [4.69, 9.17) is 9.47 Å². The van der Waals surface area contributed by atoms with Gasteiger partial charge in [0.15, 0.2) is 11.5 Å². The van der Waals surface area contributed by atoms with Gasteiger partial charge in [0.05, 0.1) is 24.4 Å². The molecule has 0 saturated carbocycles. The normalized spacial score (nSPS) is 11.7. The SMILES string of the molecule is CCC(NC(=O)c1ccc(OCc2cscn2)c(OC)c1)c1ccc(Br)cc1. The fourth-order valence-electron chi connectivity index (χ4n) is 2.75. The van der Waals surface area contributed by atoms with Crippen LogP contribution in [-0.2, 0) is 6.61 Å². The number of rotatable bonds is 8. The first-order valence-corrected chi connectivity index (χ1v) is 10.6. The van der Waals surface area contributed by atoms with E-state index in [1.807, 2.05) is 36.6 Å². The van der Waals surface area contributed by atoms with Crippen LogP contribution < -0.4 is 14.8 Å². The number of amides is 1. The van der Waals surface area contributed by atoms with Crippen LogP contribution in [-0.4, -0.2) is 18.0 Å². The fourth-order valence-corrected chi connectivity index (χ4v) is 3.55. The summed E-state index contributed by atoms with van der Waals surface area (Å²) in [5.74, 6) is 0.936. The zero-order valence-corrected chi connectivity index (χ0v) is 18.0. The van der Waals surface area contributed by atoms with Crippen molar-refractivity contribution in [2.75, 3.05) is 7.11 Å². The van der Waals surface area contributed by atoms with Crippen LogP contribution in [0.1, 0.15) is 41.0 Å². The molecule has 1 atom stereocenters. The average Bonchev–Trinajstić information content (AvgIpc) is 3.24. The van der Waals surface area contributed by atoms with Crippen molar-refractivity contribution in [3.8, 4) is 11.5 Å². The third kappa shape index (κ3) is 5.11. The van der Waals surface area contributed by atoms with Gasteiger partial charge in [-0.3, -0.25) is 4.79 Å². The molecular formula is C21H21BrN2O3S. The van der Waals surface area contributed by atoms with E-state index in [-0.39, 0.29) is 11.9 Å². The van der Waals surface area contributed by atoms with Crippen molar-refractivity contribution in [1.29, 1.82) is 0 Å². The molecule has 1 N–H and O–H groups in total. The number of aromatic nitrogens is 1. The number of carbonyl (C=O) groups is 1. The predicted molar refractivity (Wildman–Crippen MR) is 114 cm³/mol. The summed E-state index contributed by atoms with van der Waals surface area (Å²) in [5.41, 5.74) is 4.20. The zero-order valence-electron chi connectivity index (χ0n) is 15.6. The van der Waals surface area contributed by atoms with Gasteiger partial charge in [-0.05, 0) is 42.3 Å². The largest absolute Gasteiger partial charge is 0.493 e. The maximum Gasteiger partial charge on any atom is 0.251 e. The Kier molecular flexibility index (Phi) is 7.06. The summed E-state index contributed by atoms with van der Waals surface area (Å²) in [7, 11) is 1.56. The molecule has 1 heterocycles. The van der Waals surface area contributed by atoms with Crippen LogP contribution in [0.2, 0.25) is 0 Å².